The Kier molecular flexibility index (Phi) is 8.49. The summed E-state index contributed by atoms with van der Waals surface area (Å²) in [7, 11) is 0. The summed E-state index contributed by atoms with van der Waals surface area (Å²) in [6.07, 6.45) is 0.843. The number of alkyl halides is 2. The van der Waals surface area contributed by atoms with Crippen molar-refractivity contribution >= 4 is 23.7 Å². The van der Waals surface area contributed by atoms with Gasteiger partial charge in [0.15, 0.2) is 0 Å². The van der Waals surface area contributed by atoms with E-state index in [0.717, 1.165) is 0 Å². The number of anilines is 1. The molecule has 1 saturated heterocycles. The molecule has 9 nitrogen and oxygen atoms in total. The Morgan fingerprint density at radius 1 is 1.19 bits per heavy atom. The number of nitrogens with one attached hydrogen (secondary N) is 3. The number of urea groups is 1. The number of carbonyl (C=O) groups is 3. The molecule has 1 aromatic carbocycles. The van der Waals surface area contributed by atoms with Crippen molar-refractivity contribution in [3.8, 4) is 5.69 Å². The van der Waals surface area contributed by atoms with Gasteiger partial charge < -0.3 is 30.2 Å². The van der Waals surface area contributed by atoms with Crippen LogP contribution in [-0.4, -0.2) is 65.2 Å². The van der Waals surface area contributed by atoms with E-state index in [-0.39, 0.29) is 23.8 Å². The molecule has 0 spiro atoms. The fourth-order valence-corrected chi connectivity index (χ4v) is 3.71. The smallest absolute Gasteiger partial charge is 0.410 e. The molecule has 0 unspecified atom stereocenters. The van der Waals surface area contributed by atoms with E-state index in [1.807, 2.05) is 5.32 Å². The van der Waals surface area contributed by atoms with E-state index >= 15 is 0 Å². The molecule has 2 aromatic rings. The first-order chi connectivity index (χ1) is 16.9. The van der Waals surface area contributed by atoms with E-state index in [9.17, 15) is 27.6 Å². The standard InChI is InChI=1S/C24H30F3N5O4/c1-24(2,3)36-23(35)31-9-5-7-16(12-31)29-21(33)18-13-32(17-8-4-6-15(25)10-17)14-19(18)30-22(34)28-11-20(26)27/h4,6,8,10,13-14,16,20H,5,7,9,11-12H2,1-3H3,(H,29,33)(H2,28,30,34)/t16-/m0/s1. The second kappa shape index (κ2) is 11.4. The lowest BCUT2D eigenvalue weighted by Crippen LogP contribution is -2.50. The summed E-state index contributed by atoms with van der Waals surface area (Å²) in [4.78, 5) is 39.2. The van der Waals surface area contributed by atoms with Crippen LogP contribution >= 0.6 is 0 Å². The third-order valence-corrected chi connectivity index (χ3v) is 5.25. The van der Waals surface area contributed by atoms with Crippen LogP contribution in [0, 0.1) is 5.82 Å². The minimum absolute atomic E-state index is 0.0425. The number of halogens is 3. The summed E-state index contributed by atoms with van der Waals surface area (Å²) in [5.74, 6) is -1.05. The van der Waals surface area contributed by atoms with Crippen molar-refractivity contribution in [3.05, 3.63) is 48.0 Å². The molecule has 2 heterocycles. The van der Waals surface area contributed by atoms with Crippen LogP contribution in [0.25, 0.3) is 5.69 Å². The summed E-state index contributed by atoms with van der Waals surface area (Å²) in [6.45, 7) is 5.17. The number of rotatable bonds is 6. The maximum atomic E-state index is 13.7. The molecular formula is C24H30F3N5O4. The Morgan fingerprint density at radius 3 is 2.61 bits per heavy atom. The molecule has 3 rings (SSSR count). The van der Waals surface area contributed by atoms with Gasteiger partial charge in [-0.05, 0) is 51.8 Å². The van der Waals surface area contributed by atoms with E-state index in [1.165, 1.54) is 40.1 Å². The Bertz CT molecular complexity index is 1100. The zero-order valence-corrected chi connectivity index (χ0v) is 20.3. The third kappa shape index (κ3) is 7.65. The quantitative estimate of drug-likeness (QED) is 0.545. The fourth-order valence-electron chi connectivity index (χ4n) is 3.71. The van der Waals surface area contributed by atoms with Gasteiger partial charge in [-0.25, -0.2) is 22.8 Å². The van der Waals surface area contributed by atoms with E-state index in [0.29, 0.717) is 25.1 Å². The minimum Gasteiger partial charge on any atom is -0.444 e. The number of piperidine rings is 1. The Balaban J connectivity index is 1.77. The molecule has 1 aliphatic heterocycles. The lowest BCUT2D eigenvalue weighted by atomic mass is 10.1. The van der Waals surface area contributed by atoms with E-state index in [2.05, 4.69) is 10.6 Å². The molecule has 1 aromatic heterocycles. The lowest BCUT2D eigenvalue weighted by molar-refractivity contribution is 0.0185. The monoisotopic (exact) mass is 509 g/mol. The molecule has 4 amide bonds. The van der Waals surface area contributed by atoms with E-state index in [1.54, 1.807) is 26.8 Å². The van der Waals surface area contributed by atoms with Crippen LogP contribution in [-0.2, 0) is 4.74 Å². The number of aromatic nitrogens is 1. The van der Waals surface area contributed by atoms with Gasteiger partial charge in [-0.2, -0.15) is 0 Å². The molecule has 12 heteroatoms. The van der Waals surface area contributed by atoms with Crippen LogP contribution in [0.2, 0.25) is 0 Å². The van der Waals surface area contributed by atoms with Gasteiger partial charge in [-0.15, -0.1) is 0 Å². The van der Waals surface area contributed by atoms with Crippen molar-refractivity contribution in [3.63, 3.8) is 0 Å². The first-order valence-electron chi connectivity index (χ1n) is 11.5. The molecule has 196 valence electrons. The Morgan fingerprint density at radius 2 is 1.94 bits per heavy atom. The molecule has 3 N–H and O–H groups in total. The third-order valence-electron chi connectivity index (χ3n) is 5.25. The van der Waals surface area contributed by atoms with Crippen LogP contribution in [0.4, 0.5) is 28.4 Å². The average molecular weight is 510 g/mol. The minimum atomic E-state index is -2.74. The average Bonchev–Trinajstić information content (AvgIpc) is 3.20. The predicted molar refractivity (Wildman–Crippen MR) is 127 cm³/mol. The molecule has 0 aliphatic carbocycles. The second-order valence-electron chi connectivity index (χ2n) is 9.44. The van der Waals surface area contributed by atoms with Crippen molar-refractivity contribution < 1.29 is 32.3 Å². The molecule has 1 atom stereocenters. The maximum absolute atomic E-state index is 13.7. The van der Waals surface area contributed by atoms with Crippen molar-refractivity contribution in [1.82, 2.24) is 20.1 Å². The summed E-state index contributed by atoms with van der Waals surface area (Å²) in [5, 5.41) is 7.27. The topological polar surface area (TPSA) is 105 Å². The van der Waals surface area contributed by atoms with Crippen LogP contribution in [0.15, 0.2) is 36.7 Å². The SMILES string of the molecule is CC(C)(C)OC(=O)N1CCC[C@H](NC(=O)c2cn(-c3cccc(F)c3)cc2NC(=O)NCC(F)F)C1. The van der Waals surface area contributed by atoms with Gasteiger partial charge in [0, 0.05) is 37.2 Å². The number of carbonyl (C=O) groups excluding carboxylic acids is 3. The zero-order chi connectivity index (χ0) is 26.5. The molecule has 1 fully saturated rings. The van der Waals surface area contributed by atoms with Crippen LogP contribution in [0.1, 0.15) is 44.0 Å². The van der Waals surface area contributed by atoms with Crippen molar-refractivity contribution in [1.29, 1.82) is 0 Å². The Hall–Kier alpha value is -3.70. The van der Waals surface area contributed by atoms with Gasteiger partial charge in [0.2, 0.25) is 0 Å². The van der Waals surface area contributed by atoms with Gasteiger partial charge in [-0.1, -0.05) is 6.07 Å². The fraction of sp³-hybridized carbons (Fsp3) is 0.458. The largest absolute Gasteiger partial charge is 0.444 e. The van der Waals surface area contributed by atoms with Crippen molar-refractivity contribution in [2.45, 2.75) is 51.7 Å². The summed E-state index contributed by atoms with van der Waals surface area (Å²) in [6, 6.07) is 4.29. The summed E-state index contributed by atoms with van der Waals surface area (Å²) < 4.78 is 45.5. The first-order valence-corrected chi connectivity index (χ1v) is 11.5. The van der Waals surface area contributed by atoms with Crippen molar-refractivity contribution in [2.75, 3.05) is 25.0 Å². The van der Waals surface area contributed by atoms with Gasteiger partial charge in [-0.3, -0.25) is 4.79 Å². The normalized spacial score (nSPS) is 16.0. The van der Waals surface area contributed by atoms with Crippen LogP contribution in [0.5, 0.6) is 0 Å². The second-order valence-corrected chi connectivity index (χ2v) is 9.44. The van der Waals surface area contributed by atoms with Gasteiger partial charge >= 0.3 is 12.1 Å². The molecule has 0 radical (unpaired) electrons. The van der Waals surface area contributed by atoms with Gasteiger partial charge in [0.05, 0.1) is 17.8 Å². The lowest BCUT2D eigenvalue weighted by Gasteiger charge is -2.34. The highest BCUT2D eigenvalue weighted by Crippen LogP contribution is 2.23. The molecule has 1 aliphatic rings. The maximum Gasteiger partial charge on any atom is 0.410 e. The van der Waals surface area contributed by atoms with Crippen LogP contribution < -0.4 is 16.0 Å². The number of benzene rings is 1. The number of amides is 4. The molecular weight excluding hydrogens is 479 g/mol. The first kappa shape index (κ1) is 26.9. The Labute approximate surface area is 207 Å². The molecule has 0 bridgehead atoms. The molecule has 36 heavy (non-hydrogen) atoms. The highest BCUT2D eigenvalue weighted by Gasteiger charge is 2.29. The van der Waals surface area contributed by atoms with E-state index in [4.69, 9.17) is 4.74 Å². The zero-order valence-electron chi connectivity index (χ0n) is 20.3. The molecule has 0 saturated carbocycles. The van der Waals surface area contributed by atoms with E-state index < -0.39 is 42.4 Å². The highest BCUT2D eigenvalue weighted by molar-refractivity contribution is 6.03. The van der Waals surface area contributed by atoms with Gasteiger partial charge in [0.1, 0.15) is 11.4 Å². The summed E-state index contributed by atoms with van der Waals surface area (Å²) >= 11 is 0. The van der Waals surface area contributed by atoms with Crippen LogP contribution in [0.3, 0.4) is 0 Å². The van der Waals surface area contributed by atoms with Gasteiger partial charge in [0.25, 0.3) is 12.3 Å². The predicted octanol–water partition coefficient (Wildman–Crippen LogP) is 4.13. The number of hydrogen-bond donors (Lipinski definition) is 3. The number of ether oxygens (including phenoxy) is 1. The number of likely N-dealkylation sites (tertiary alicyclic amines) is 1. The highest BCUT2D eigenvalue weighted by atomic mass is 19.3. The number of nitrogens with zero attached hydrogens (tertiary/aromatic N) is 2. The summed E-state index contributed by atoms with van der Waals surface area (Å²) in [5.41, 5.74) is -0.179. The van der Waals surface area contributed by atoms with Crippen molar-refractivity contribution in [2.24, 2.45) is 0 Å². The number of hydrogen-bond acceptors (Lipinski definition) is 4.